The maximum Gasteiger partial charge on any atom is 0.263 e. The van der Waals surface area contributed by atoms with Crippen LogP contribution in [-0.4, -0.2) is 23.8 Å². The molecule has 0 aliphatic rings. The Morgan fingerprint density at radius 3 is 2.50 bits per heavy atom. The van der Waals surface area contributed by atoms with Gasteiger partial charge in [0.15, 0.2) is 5.82 Å². The van der Waals surface area contributed by atoms with Crippen LogP contribution in [0.5, 0.6) is 0 Å². The van der Waals surface area contributed by atoms with E-state index in [1.54, 1.807) is 12.1 Å². The van der Waals surface area contributed by atoms with E-state index in [1.807, 2.05) is 0 Å². The molecule has 2 N–H and O–H groups in total. The van der Waals surface area contributed by atoms with E-state index < -0.39 is 10.0 Å². The van der Waals surface area contributed by atoms with Gasteiger partial charge in [-0.2, -0.15) is 10.3 Å². The number of H-pyrrole nitrogens is 1. The zero-order valence-electron chi connectivity index (χ0n) is 7.88. The highest BCUT2D eigenvalue weighted by atomic mass is 79.9. The summed E-state index contributed by atoms with van der Waals surface area (Å²) in [5.41, 5.74) is 0. The molecule has 0 atom stereocenters. The molecule has 0 amide bonds. The fraction of sp³-hybridized carbons (Fsp3) is 0. The molecule has 1 aromatic carbocycles. The lowest BCUT2D eigenvalue weighted by Crippen LogP contribution is -2.13. The Balaban J connectivity index is 2.29. The highest BCUT2D eigenvalue weighted by molar-refractivity contribution is 9.10. The molecule has 0 spiro atoms. The topological polar surface area (TPSA) is 87.7 Å². The molecule has 0 aliphatic heterocycles. The Morgan fingerprint density at radius 2 is 1.94 bits per heavy atom. The summed E-state index contributed by atoms with van der Waals surface area (Å²) < 4.78 is 26.7. The fourth-order valence-corrected chi connectivity index (χ4v) is 2.31. The van der Waals surface area contributed by atoms with Gasteiger partial charge in [-0.1, -0.05) is 15.9 Å². The maximum atomic E-state index is 11.8. The molecule has 0 saturated carbocycles. The van der Waals surface area contributed by atoms with Crippen LogP contribution in [0.15, 0.2) is 39.8 Å². The van der Waals surface area contributed by atoms with Gasteiger partial charge in [0, 0.05) is 4.47 Å². The SMILES string of the molecule is O=S(=O)(Nc1cn[nH]n1)c1ccc(Br)cc1. The van der Waals surface area contributed by atoms with E-state index in [0.29, 0.717) is 0 Å². The summed E-state index contributed by atoms with van der Waals surface area (Å²) in [6.45, 7) is 0. The number of sulfonamides is 1. The van der Waals surface area contributed by atoms with Crippen LogP contribution in [-0.2, 0) is 10.0 Å². The summed E-state index contributed by atoms with van der Waals surface area (Å²) in [4.78, 5) is 0.165. The number of hydrogen-bond donors (Lipinski definition) is 2. The number of halogens is 1. The van der Waals surface area contributed by atoms with Crippen LogP contribution < -0.4 is 4.72 Å². The van der Waals surface area contributed by atoms with Gasteiger partial charge >= 0.3 is 0 Å². The number of rotatable bonds is 3. The van der Waals surface area contributed by atoms with Crippen LogP contribution in [0.1, 0.15) is 0 Å². The van der Waals surface area contributed by atoms with Gasteiger partial charge in [-0.3, -0.25) is 4.72 Å². The van der Waals surface area contributed by atoms with Crippen LogP contribution >= 0.6 is 15.9 Å². The van der Waals surface area contributed by atoms with Crippen molar-refractivity contribution in [2.24, 2.45) is 0 Å². The summed E-state index contributed by atoms with van der Waals surface area (Å²) in [7, 11) is -3.59. The Kier molecular flexibility index (Phi) is 2.92. The summed E-state index contributed by atoms with van der Waals surface area (Å²) in [5, 5.41) is 9.43. The zero-order valence-corrected chi connectivity index (χ0v) is 10.3. The summed E-state index contributed by atoms with van der Waals surface area (Å²) in [6, 6.07) is 6.29. The number of nitrogens with one attached hydrogen (secondary N) is 2. The van der Waals surface area contributed by atoms with Crippen molar-refractivity contribution < 1.29 is 8.42 Å². The van der Waals surface area contributed by atoms with Crippen molar-refractivity contribution in [1.29, 1.82) is 0 Å². The van der Waals surface area contributed by atoms with Gasteiger partial charge in [-0.05, 0) is 24.3 Å². The number of nitrogens with zero attached hydrogens (tertiary/aromatic N) is 2. The minimum absolute atomic E-state index is 0.155. The Labute approximate surface area is 100 Å². The predicted octanol–water partition coefficient (Wildman–Crippen LogP) is 1.37. The molecule has 0 radical (unpaired) electrons. The zero-order chi connectivity index (χ0) is 11.6. The van der Waals surface area contributed by atoms with Crippen molar-refractivity contribution in [1.82, 2.24) is 15.4 Å². The minimum Gasteiger partial charge on any atom is -0.261 e. The van der Waals surface area contributed by atoms with E-state index in [2.05, 4.69) is 36.1 Å². The number of anilines is 1. The van der Waals surface area contributed by atoms with Gasteiger partial charge < -0.3 is 0 Å². The van der Waals surface area contributed by atoms with Gasteiger partial charge in [0.05, 0.1) is 11.1 Å². The molecule has 2 aromatic rings. The van der Waals surface area contributed by atoms with E-state index in [1.165, 1.54) is 18.3 Å². The smallest absolute Gasteiger partial charge is 0.261 e. The standard InChI is InChI=1S/C8H7BrN4O2S/c9-6-1-3-7(4-2-6)16(14,15)12-8-5-10-13-11-8/h1-5H,(H2,10,11,12,13). The number of aromatic amines is 1. The molecule has 1 heterocycles. The molecule has 0 unspecified atom stereocenters. The molecule has 16 heavy (non-hydrogen) atoms. The first-order valence-corrected chi connectivity index (χ1v) is 6.50. The molecular weight excluding hydrogens is 296 g/mol. The van der Waals surface area contributed by atoms with Crippen molar-refractivity contribution in [3.05, 3.63) is 34.9 Å². The monoisotopic (exact) mass is 302 g/mol. The van der Waals surface area contributed by atoms with Gasteiger partial charge in [-0.15, -0.1) is 5.10 Å². The lowest BCUT2D eigenvalue weighted by Gasteiger charge is -2.04. The van der Waals surface area contributed by atoms with Gasteiger partial charge in [-0.25, -0.2) is 8.42 Å². The lowest BCUT2D eigenvalue weighted by atomic mass is 10.4. The van der Waals surface area contributed by atoms with Crippen molar-refractivity contribution >= 4 is 31.8 Å². The largest absolute Gasteiger partial charge is 0.263 e. The molecule has 0 saturated heterocycles. The number of aromatic nitrogens is 3. The molecule has 1 aromatic heterocycles. The quantitative estimate of drug-likeness (QED) is 0.896. The number of hydrogen-bond acceptors (Lipinski definition) is 4. The van der Waals surface area contributed by atoms with Crippen LogP contribution in [0.4, 0.5) is 5.82 Å². The molecule has 6 nitrogen and oxygen atoms in total. The van der Waals surface area contributed by atoms with Crippen LogP contribution in [0.25, 0.3) is 0 Å². The van der Waals surface area contributed by atoms with Crippen molar-refractivity contribution in [2.75, 3.05) is 4.72 Å². The minimum atomic E-state index is -3.59. The van der Waals surface area contributed by atoms with Crippen LogP contribution in [0, 0.1) is 0 Å². The van der Waals surface area contributed by atoms with Crippen LogP contribution in [0.2, 0.25) is 0 Å². The second kappa shape index (κ2) is 4.22. The van der Waals surface area contributed by atoms with E-state index in [-0.39, 0.29) is 10.7 Å². The Bertz CT molecular complexity index is 565. The van der Waals surface area contributed by atoms with Gasteiger partial charge in [0.1, 0.15) is 0 Å². The molecule has 0 aliphatic carbocycles. The lowest BCUT2D eigenvalue weighted by molar-refractivity contribution is 0.601. The molecular formula is C8H7BrN4O2S. The number of benzene rings is 1. The van der Waals surface area contributed by atoms with Gasteiger partial charge in [0.2, 0.25) is 0 Å². The van der Waals surface area contributed by atoms with Crippen molar-refractivity contribution in [2.45, 2.75) is 4.90 Å². The summed E-state index contributed by atoms with van der Waals surface area (Å²) >= 11 is 3.23. The normalized spacial score (nSPS) is 11.3. The van der Waals surface area contributed by atoms with Crippen LogP contribution in [0.3, 0.4) is 0 Å². The van der Waals surface area contributed by atoms with E-state index in [0.717, 1.165) is 4.47 Å². The fourth-order valence-electron chi connectivity index (χ4n) is 1.06. The first kappa shape index (κ1) is 11.1. The molecule has 8 heteroatoms. The van der Waals surface area contributed by atoms with Crippen molar-refractivity contribution in [3.8, 4) is 0 Å². The third kappa shape index (κ3) is 2.39. The third-order valence-corrected chi connectivity index (χ3v) is 3.68. The van der Waals surface area contributed by atoms with E-state index in [4.69, 9.17) is 0 Å². The first-order chi connectivity index (χ1) is 7.58. The van der Waals surface area contributed by atoms with Crippen molar-refractivity contribution in [3.63, 3.8) is 0 Å². The Morgan fingerprint density at radius 1 is 1.25 bits per heavy atom. The third-order valence-electron chi connectivity index (χ3n) is 1.78. The Hall–Kier alpha value is -1.41. The summed E-state index contributed by atoms with van der Waals surface area (Å²) in [5.74, 6) is 0.155. The molecule has 0 fully saturated rings. The second-order valence-corrected chi connectivity index (χ2v) is 5.51. The molecule has 84 valence electrons. The molecule has 0 bridgehead atoms. The maximum absolute atomic E-state index is 11.8. The summed E-state index contributed by atoms with van der Waals surface area (Å²) in [6.07, 6.45) is 1.29. The van der Waals surface area contributed by atoms with E-state index in [9.17, 15) is 8.42 Å². The average molecular weight is 303 g/mol. The highest BCUT2D eigenvalue weighted by Gasteiger charge is 2.14. The molecule has 2 rings (SSSR count). The second-order valence-electron chi connectivity index (χ2n) is 2.91. The van der Waals surface area contributed by atoms with Gasteiger partial charge in [0.25, 0.3) is 10.0 Å². The highest BCUT2D eigenvalue weighted by Crippen LogP contribution is 2.16. The average Bonchev–Trinajstić information content (AvgIpc) is 2.70. The van der Waals surface area contributed by atoms with E-state index >= 15 is 0 Å². The predicted molar refractivity (Wildman–Crippen MR) is 61.3 cm³/mol. The first-order valence-electron chi connectivity index (χ1n) is 4.22.